The smallest absolute Gasteiger partial charge is 0.271 e. The molecular weight excluding hydrogens is 464 g/mol. The van der Waals surface area contributed by atoms with E-state index in [0.29, 0.717) is 5.56 Å². The Morgan fingerprint density at radius 3 is 2.22 bits per heavy atom. The molecule has 4 aromatic rings. The average molecular weight is 489 g/mol. The number of aromatic nitrogens is 2. The summed E-state index contributed by atoms with van der Waals surface area (Å²) in [6.07, 6.45) is 1.69. The summed E-state index contributed by atoms with van der Waals surface area (Å²) in [5.41, 5.74) is 10.6. The van der Waals surface area contributed by atoms with Gasteiger partial charge in [0.1, 0.15) is 0 Å². The molecule has 0 aliphatic carbocycles. The molecule has 1 N–H and O–H groups in total. The maximum absolute atomic E-state index is 12.7. The van der Waals surface area contributed by atoms with Gasteiger partial charge in [-0.1, -0.05) is 22.0 Å². The predicted molar refractivity (Wildman–Crippen MR) is 133 cm³/mol. The molecule has 2 aromatic carbocycles. The van der Waals surface area contributed by atoms with Crippen LogP contribution in [0.1, 0.15) is 38.7 Å². The Morgan fingerprint density at radius 2 is 1.53 bits per heavy atom. The van der Waals surface area contributed by atoms with Crippen LogP contribution in [0.3, 0.4) is 0 Å². The van der Waals surface area contributed by atoms with E-state index in [1.807, 2.05) is 37.3 Å². The zero-order valence-corrected chi connectivity index (χ0v) is 20.1. The standard InChI is InChI=1S/C26H25BrN4O/c1-17-8-9-18(2)30(17)25-7-5-6-21(15-25)26(32)29-28-16-22-14-19(3)31(20(22)4)24-12-10-23(27)11-13-24/h5-16H,1-4H3,(H,29,32)/b28-16-. The van der Waals surface area contributed by atoms with E-state index in [1.54, 1.807) is 12.3 Å². The number of carbonyl (C=O) groups is 1. The van der Waals surface area contributed by atoms with E-state index in [4.69, 9.17) is 0 Å². The Morgan fingerprint density at radius 1 is 0.844 bits per heavy atom. The van der Waals surface area contributed by atoms with Crippen LogP contribution in [0.5, 0.6) is 0 Å². The summed E-state index contributed by atoms with van der Waals surface area (Å²) in [4.78, 5) is 12.7. The predicted octanol–water partition coefficient (Wildman–Crippen LogP) is 6.03. The third kappa shape index (κ3) is 4.32. The first-order valence-corrected chi connectivity index (χ1v) is 11.2. The van der Waals surface area contributed by atoms with Crippen LogP contribution in [0.15, 0.2) is 76.3 Å². The number of halogens is 1. The third-order valence-electron chi connectivity index (χ3n) is 5.56. The normalized spacial score (nSPS) is 11.3. The van der Waals surface area contributed by atoms with Gasteiger partial charge in [-0.15, -0.1) is 0 Å². The number of benzene rings is 2. The molecule has 0 aliphatic rings. The minimum atomic E-state index is -0.243. The summed E-state index contributed by atoms with van der Waals surface area (Å²) >= 11 is 3.48. The van der Waals surface area contributed by atoms with Crippen molar-refractivity contribution in [2.24, 2.45) is 5.10 Å². The van der Waals surface area contributed by atoms with E-state index < -0.39 is 0 Å². The van der Waals surface area contributed by atoms with Gasteiger partial charge in [0, 0.05) is 49.8 Å². The van der Waals surface area contributed by atoms with E-state index in [1.165, 1.54) is 0 Å². The molecule has 0 saturated heterocycles. The molecular formula is C26H25BrN4O. The number of aryl methyl sites for hydroxylation is 3. The van der Waals surface area contributed by atoms with Gasteiger partial charge in [0.25, 0.3) is 5.91 Å². The molecule has 0 unspecified atom stereocenters. The number of amides is 1. The number of hydrogen-bond acceptors (Lipinski definition) is 2. The molecule has 0 fully saturated rings. The van der Waals surface area contributed by atoms with E-state index in [9.17, 15) is 4.79 Å². The van der Waals surface area contributed by atoms with Crippen molar-refractivity contribution < 1.29 is 4.79 Å². The SMILES string of the molecule is Cc1ccc(C)n1-c1cccc(C(=O)N/N=C\c2cc(C)n(-c3ccc(Br)cc3)c2C)c1. The molecule has 1 amide bonds. The van der Waals surface area contributed by atoms with Gasteiger partial charge in [-0.2, -0.15) is 5.10 Å². The molecule has 2 aromatic heterocycles. The second kappa shape index (κ2) is 9.01. The number of hydrazone groups is 1. The highest BCUT2D eigenvalue weighted by atomic mass is 79.9. The third-order valence-corrected chi connectivity index (χ3v) is 6.09. The fourth-order valence-electron chi connectivity index (χ4n) is 3.99. The first-order chi connectivity index (χ1) is 15.3. The highest BCUT2D eigenvalue weighted by Gasteiger charge is 2.11. The molecule has 6 heteroatoms. The van der Waals surface area contributed by atoms with E-state index in [0.717, 1.165) is 44.2 Å². The van der Waals surface area contributed by atoms with Crippen molar-refractivity contribution in [2.45, 2.75) is 27.7 Å². The molecule has 0 aliphatic heterocycles. The van der Waals surface area contributed by atoms with Gasteiger partial charge in [0.15, 0.2) is 0 Å². The van der Waals surface area contributed by atoms with Crippen LogP contribution in [0.25, 0.3) is 11.4 Å². The Kier molecular flexibility index (Phi) is 6.15. The van der Waals surface area contributed by atoms with Crippen molar-refractivity contribution >= 4 is 28.1 Å². The highest BCUT2D eigenvalue weighted by molar-refractivity contribution is 9.10. The highest BCUT2D eigenvalue weighted by Crippen LogP contribution is 2.22. The monoisotopic (exact) mass is 488 g/mol. The van der Waals surface area contributed by atoms with Crippen molar-refractivity contribution in [2.75, 3.05) is 0 Å². The second-order valence-electron chi connectivity index (χ2n) is 7.84. The molecule has 5 nitrogen and oxygen atoms in total. The molecule has 0 radical (unpaired) electrons. The van der Waals surface area contributed by atoms with Crippen molar-refractivity contribution in [3.8, 4) is 11.4 Å². The van der Waals surface area contributed by atoms with Crippen LogP contribution in [0, 0.1) is 27.7 Å². The molecule has 0 bridgehead atoms. The fraction of sp³-hybridized carbons (Fsp3) is 0.154. The first kappa shape index (κ1) is 21.8. The molecule has 0 saturated carbocycles. The minimum Gasteiger partial charge on any atom is -0.318 e. The lowest BCUT2D eigenvalue weighted by Crippen LogP contribution is -2.18. The van der Waals surface area contributed by atoms with Crippen LogP contribution in [-0.2, 0) is 0 Å². The van der Waals surface area contributed by atoms with Crippen LogP contribution in [-0.4, -0.2) is 21.3 Å². The number of hydrogen-bond donors (Lipinski definition) is 1. The minimum absolute atomic E-state index is 0.243. The average Bonchev–Trinajstić information content (AvgIpc) is 3.26. The number of rotatable bonds is 5. The molecule has 32 heavy (non-hydrogen) atoms. The summed E-state index contributed by atoms with van der Waals surface area (Å²) in [7, 11) is 0. The molecule has 4 rings (SSSR count). The van der Waals surface area contributed by atoms with Crippen molar-refractivity contribution in [3.05, 3.63) is 105 Å². The second-order valence-corrected chi connectivity index (χ2v) is 8.75. The summed E-state index contributed by atoms with van der Waals surface area (Å²) < 4.78 is 5.33. The Bertz CT molecular complexity index is 1290. The first-order valence-electron chi connectivity index (χ1n) is 10.4. The van der Waals surface area contributed by atoms with Crippen molar-refractivity contribution in [1.82, 2.24) is 14.6 Å². The fourth-order valence-corrected chi connectivity index (χ4v) is 4.26. The van der Waals surface area contributed by atoms with Gasteiger partial charge >= 0.3 is 0 Å². The van der Waals surface area contributed by atoms with Crippen LogP contribution >= 0.6 is 15.9 Å². The maximum Gasteiger partial charge on any atom is 0.271 e. The number of nitrogens with zero attached hydrogens (tertiary/aromatic N) is 3. The topological polar surface area (TPSA) is 51.3 Å². The molecule has 0 atom stereocenters. The molecule has 0 spiro atoms. The van der Waals surface area contributed by atoms with E-state index in [2.05, 4.69) is 86.7 Å². The van der Waals surface area contributed by atoms with Gasteiger partial charge in [-0.25, -0.2) is 5.43 Å². The van der Waals surface area contributed by atoms with Gasteiger partial charge in [0.2, 0.25) is 0 Å². The largest absolute Gasteiger partial charge is 0.318 e. The molecule has 2 heterocycles. The summed E-state index contributed by atoms with van der Waals surface area (Å²) in [5.74, 6) is -0.243. The van der Waals surface area contributed by atoms with Crippen molar-refractivity contribution in [3.63, 3.8) is 0 Å². The van der Waals surface area contributed by atoms with E-state index in [-0.39, 0.29) is 5.91 Å². The summed E-state index contributed by atoms with van der Waals surface area (Å²) in [6, 6.07) is 21.9. The van der Waals surface area contributed by atoms with Gasteiger partial charge in [-0.3, -0.25) is 4.79 Å². The van der Waals surface area contributed by atoms with E-state index >= 15 is 0 Å². The summed E-state index contributed by atoms with van der Waals surface area (Å²) in [6.45, 7) is 8.20. The maximum atomic E-state index is 12.7. The van der Waals surface area contributed by atoms with Crippen molar-refractivity contribution in [1.29, 1.82) is 0 Å². The summed E-state index contributed by atoms with van der Waals surface area (Å²) in [5, 5.41) is 4.22. The zero-order chi connectivity index (χ0) is 22.8. The molecule has 162 valence electrons. The number of nitrogens with one attached hydrogen (secondary N) is 1. The van der Waals surface area contributed by atoms with Gasteiger partial charge < -0.3 is 9.13 Å². The van der Waals surface area contributed by atoms with Gasteiger partial charge in [0.05, 0.1) is 6.21 Å². The quantitative estimate of drug-likeness (QED) is 0.270. The lowest BCUT2D eigenvalue weighted by atomic mass is 10.2. The lowest BCUT2D eigenvalue weighted by molar-refractivity contribution is 0.0955. The Hall–Kier alpha value is -3.38. The lowest BCUT2D eigenvalue weighted by Gasteiger charge is -2.10. The number of carbonyl (C=O) groups excluding carboxylic acids is 1. The Labute approximate surface area is 196 Å². The zero-order valence-electron chi connectivity index (χ0n) is 18.6. The van der Waals surface area contributed by atoms with Crippen LogP contribution in [0.2, 0.25) is 0 Å². The van der Waals surface area contributed by atoms with Crippen LogP contribution < -0.4 is 5.43 Å². The Balaban J connectivity index is 1.52. The van der Waals surface area contributed by atoms with Crippen LogP contribution in [0.4, 0.5) is 0 Å². The van der Waals surface area contributed by atoms with Gasteiger partial charge in [-0.05, 0) is 88.4 Å².